The van der Waals surface area contributed by atoms with Gasteiger partial charge < -0.3 is 10.7 Å². The van der Waals surface area contributed by atoms with E-state index in [9.17, 15) is 8.42 Å². The van der Waals surface area contributed by atoms with E-state index in [0.717, 1.165) is 19.3 Å². The fraction of sp³-hybridized carbons (Fsp3) is 0.700. The predicted octanol–water partition coefficient (Wildman–Crippen LogP) is 0.302. The third-order valence-electron chi connectivity index (χ3n) is 3.13. The first-order valence-electron chi connectivity index (χ1n) is 5.86. The third-order valence-corrected chi connectivity index (χ3v) is 5.01. The van der Waals surface area contributed by atoms with Gasteiger partial charge in [0.25, 0.3) is 10.0 Å². The van der Waals surface area contributed by atoms with Gasteiger partial charge in [0.1, 0.15) is 0 Å². The molecule has 1 aliphatic rings. The topological polar surface area (TPSA) is 92.1 Å². The number of hydrogen-bond donors (Lipinski definition) is 2. The minimum Gasteiger partial charge on any atom is -0.335 e. The van der Waals surface area contributed by atoms with Crippen LogP contribution < -0.4 is 5.73 Å². The Morgan fingerprint density at radius 2 is 2.35 bits per heavy atom. The van der Waals surface area contributed by atoms with Crippen LogP contribution in [-0.2, 0) is 10.0 Å². The summed E-state index contributed by atoms with van der Waals surface area (Å²) in [5.41, 5.74) is 5.54. The lowest BCUT2D eigenvalue weighted by Gasteiger charge is -2.34. The molecule has 1 fully saturated rings. The van der Waals surface area contributed by atoms with Gasteiger partial charge >= 0.3 is 0 Å². The van der Waals surface area contributed by atoms with E-state index in [1.165, 1.54) is 12.5 Å². The van der Waals surface area contributed by atoms with E-state index in [0.29, 0.717) is 19.5 Å². The highest BCUT2D eigenvalue weighted by Gasteiger charge is 2.33. The summed E-state index contributed by atoms with van der Waals surface area (Å²) >= 11 is 0. The Morgan fingerprint density at radius 1 is 1.53 bits per heavy atom. The van der Waals surface area contributed by atoms with Crippen LogP contribution in [0.5, 0.6) is 0 Å². The molecule has 6 nitrogen and oxygen atoms in total. The highest BCUT2D eigenvalue weighted by atomic mass is 32.2. The number of nitrogens with two attached hydrogens (primary N) is 1. The van der Waals surface area contributed by atoms with Crippen LogP contribution in [0.3, 0.4) is 0 Å². The summed E-state index contributed by atoms with van der Waals surface area (Å²) in [5.74, 6) is 0. The number of imidazole rings is 1. The summed E-state index contributed by atoms with van der Waals surface area (Å²) in [5, 5.41) is 0.168. The van der Waals surface area contributed by atoms with Gasteiger partial charge in [-0.1, -0.05) is 6.42 Å². The molecule has 0 bridgehead atoms. The van der Waals surface area contributed by atoms with Crippen molar-refractivity contribution in [2.24, 2.45) is 5.73 Å². The molecule has 2 heterocycles. The SMILES string of the molecule is NCCC1CCCCN1S(=O)(=O)c1cnc[nH]1. The van der Waals surface area contributed by atoms with Crippen molar-refractivity contribution < 1.29 is 8.42 Å². The Labute approximate surface area is 101 Å². The molecule has 0 spiro atoms. The lowest BCUT2D eigenvalue weighted by atomic mass is 10.0. The number of H-pyrrole nitrogens is 1. The number of sulfonamides is 1. The Kier molecular flexibility index (Phi) is 3.80. The number of aromatic nitrogens is 2. The predicted molar refractivity (Wildman–Crippen MR) is 63.8 cm³/mol. The van der Waals surface area contributed by atoms with Crippen molar-refractivity contribution in [3.8, 4) is 0 Å². The number of nitrogens with one attached hydrogen (secondary N) is 1. The molecule has 0 radical (unpaired) electrons. The highest BCUT2D eigenvalue weighted by Crippen LogP contribution is 2.25. The first-order chi connectivity index (χ1) is 8.16. The second-order valence-corrected chi connectivity index (χ2v) is 6.12. The maximum Gasteiger partial charge on any atom is 0.260 e. The first-order valence-corrected chi connectivity index (χ1v) is 7.30. The van der Waals surface area contributed by atoms with E-state index in [1.54, 1.807) is 4.31 Å². The fourth-order valence-electron chi connectivity index (χ4n) is 2.28. The smallest absolute Gasteiger partial charge is 0.260 e. The summed E-state index contributed by atoms with van der Waals surface area (Å²) in [6.45, 7) is 1.09. The van der Waals surface area contributed by atoms with Gasteiger partial charge in [0, 0.05) is 12.6 Å². The van der Waals surface area contributed by atoms with Gasteiger partial charge in [-0.05, 0) is 25.8 Å². The summed E-state index contributed by atoms with van der Waals surface area (Å²) in [6.07, 6.45) is 6.32. The molecule has 0 aliphatic carbocycles. The number of aromatic amines is 1. The maximum absolute atomic E-state index is 12.3. The normalized spacial score (nSPS) is 22.8. The highest BCUT2D eigenvalue weighted by molar-refractivity contribution is 7.89. The van der Waals surface area contributed by atoms with Gasteiger partial charge in [-0.2, -0.15) is 4.31 Å². The molecule has 3 N–H and O–H groups in total. The zero-order valence-corrected chi connectivity index (χ0v) is 10.5. The summed E-state index contributed by atoms with van der Waals surface area (Å²) in [4.78, 5) is 6.43. The standard InChI is InChI=1S/C10H18N4O2S/c11-5-4-9-3-1-2-6-14(9)17(15,16)10-7-12-8-13-10/h7-9H,1-6,11H2,(H,12,13). The summed E-state index contributed by atoms with van der Waals surface area (Å²) < 4.78 is 26.3. The van der Waals surface area contributed by atoms with Crippen LogP contribution >= 0.6 is 0 Å². The molecular weight excluding hydrogens is 240 g/mol. The largest absolute Gasteiger partial charge is 0.335 e. The third kappa shape index (κ3) is 2.51. The van der Waals surface area contributed by atoms with Crippen LogP contribution in [0.25, 0.3) is 0 Å². The summed E-state index contributed by atoms with van der Waals surface area (Å²) in [6, 6.07) is 0.0297. The lowest BCUT2D eigenvalue weighted by molar-refractivity contribution is 0.242. The van der Waals surface area contributed by atoms with Crippen LogP contribution in [0.4, 0.5) is 0 Å². The molecule has 1 unspecified atom stereocenters. The second-order valence-electron chi connectivity index (χ2n) is 4.26. The van der Waals surface area contributed by atoms with Crippen LogP contribution in [-0.4, -0.2) is 41.8 Å². The second kappa shape index (κ2) is 5.16. The molecule has 96 valence electrons. The van der Waals surface area contributed by atoms with Crippen molar-refractivity contribution in [3.05, 3.63) is 12.5 Å². The van der Waals surface area contributed by atoms with Crippen molar-refractivity contribution in [1.29, 1.82) is 0 Å². The van der Waals surface area contributed by atoms with E-state index in [4.69, 9.17) is 5.73 Å². The molecule has 7 heteroatoms. The molecule has 1 saturated heterocycles. The van der Waals surface area contributed by atoms with Gasteiger partial charge in [0.15, 0.2) is 5.03 Å². The van der Waals surface area contributed by atoms with Crippen LogP contribution in [0.15, 0.2) is 17.6 Å². The molecule has 1 atom stereocenters. The van der Waals surface area contributed by atoms with Crippen LogP contribution in [0.1, 0.15) is 25.7 Å². The van der Waals surface area contributed by atoms with E-state index >= 15 is 0 Å². The first kappa shape index (κ1) is 12.5. The van der Waals surface area contributed by atoms with Crippen LogP contribution in [0, 0.1) is 0 Å². The molecule has 0 amide bonds. The minimum absolute atomic E-state index is 0.0297. The monoisotopic (exact) mass is 258 g/mol. The fourth-order valence-corrected chi connectivity index (χ4v) is 3.90. The zero-order chi connectivity index (χ0) is 12.3. The van der Waals surface area contributed by atoms with Crippen molar-refractivity contribution >= 4 is 10.0 Å². The molecule has 17 heavy (non-hydrogen) atoms. The Morgan fingerprint density at radius 3 is 3.00 bits per heavy atom. The molecule has 1 aromatic rings. The zero-order valence-electron chi connectivity index (χ0n) is 9.67. The van der Waals surface area contributed by atoms with Gasteiger partial charge in [-0.15, -0.1) is 0 Å². The van der Waals surface area contributed by atoms with Gasteiger partial charge in [0.05, 0.1) is 12.5 Å². The van der Waals surface area contributed by atoms with Gasteiger partial charge in [-0.25, -0.2) is 13.4 Å². The van der Waals surface area contributed by atoms with Crippen molar-refractivity contribution in [2.45, 2.75) is 36.8 Å². The molecular formula is C10H18N4O2S. The molecule has 2 rings (SSSR count). The van der Waals surface area contributed by atoms with Crippen molar-refractivity contribution in [3.63, 3.8) is 0 Å². The van der Waals surface area contributed by atoms with Gasteiger partial charge in [-0.3, -0.25) is 0 Å². The molecule has 1 aliphatic heterocycles. The quantitative estimate of drug-likeness (QED) is 0.812. The van der Waals surface area contributed by atoms with Crippen molar-refractivity contribution in [2.75, 3.05) is 13.1 Å². The number of hydrogen-bond acceptors (Lipinski definition) is 4. The minimum atomic E-state index is -3.43. The molecule has 0 aromatic carbocycles. The van der Waals surface area contributed by atoms with E-state index in [-0.39, 0.29) is 11.1 Å². The van der Waals surface area contributed by atoms with Crippen LogP contribution in [0.2, 0.25) is 0 Å². The number of piperidine rings is 1. The Hall–Kier alpha value is -0.920. The Bertz CT molecular complexity index is 441. The van der Waals surface area contributed by atoms with Crippen molar-refractivity contribution in [1.82, 2.24) is 14.3 Å². The molecule has 1 aromatic heterocycles. The lowest BCUT2D eigenvalue weighted by Crippen LogP contribution is -2.44. The average Bonchev–Trinajstić information content (AvgIpc) is 2.84. The average molecular weight is 258 g/mol. The summed E-state index contributed by atoms with van der Waals surface area (Å²) in [7, 11) is -3.43. The van der Waals surface area contributed by atoms with E-state index in [1.807, 2.05) is 0 Å². The van der Waals surface area contributed by atoms with Gasteiger partial charge in [0.2, 0.25) is 0 Å². The molecule has 0 saturated carbocycles. The number of rotatable bonds is 4. The van der Waals surface area contributed by atoms with E-state index < -0.39 is 10.0 Å². The van der Waals surface area contributed by atoms with E-state index in [2.05, 4.69) is 9.97 Å². The Balaban J connectivity index is 2.24. The maximum atomic E-state index is 12.3. The number of nitrogens with zero attached hydrogens (tertiary/aromatic N) is 2.